The summed E-state index contributed by atoms with van der Waals surface area (Å²) in [5, 5.41) is 11.7. The van der Waals surface area contributed by atoms with Gasteiger partial charge in [0, 0.05) is 5.56 Å². The predicted octanol–water partition coefficient (Wildman–Crippen LogP) is 5.89. The Morgan fingerprint density at radius 2 is 1.59 bits per heavy atom. The molecule has 202 valence electrons. The van der Waals surface area contributed by atoms with Crippen LogP contribution in [0.4, 0.5) is 20.4 Å². The molecule has 1 aromatic carbocycles. The molecule has 1 heterocycles. The number of carbonyl (C=O) groups excluding carboxylic acids is 3. The lowest BCUT2D eigenvalue weighted by Crippen LogP contribution is -2.43. The fraction of sp³-hybridized carbons (Fsp3) is 0.500. The van der Waals surface area contributed by atoms with E-state index in [0.717, 1.165) is 0 Å². The maximum Gasteiger partial charge on any atom is 0.426 e. The molecule has 0 saturated heterocycles. The molecule has 0 radical (unpaired) electrons. The van der Waals surface area contributed by atoms with E-state index in [1.807, 2.05) is 0 Å². The highest BCUT2D eigenvalue weighted by atomic mass is 32.1. The molecule has 0 N–H and O–H groups in total. The summed E-state index contributed by atoms with van der Waals surface area (Å²) < 4.78 is 21.1. The molecule has 2 aromatic rings. The minimum Gasteiger partial charge on any atom is -0.497 e. The summed E-state index contributed by atoms with van der Waals surface area (Å²) in [5.41, 5.74) is -2.26. The van der Waals surface area contributed by atoms with Crippen molar-refractivity contribution in [1.82, 2.24) is 4.98 Å². The topological polar surface area (TPSA) is 147 Å². The van der Waals surface area contributed by atoms with Crippen molar-refractivity contribution in [2.75, 3.05) is 18.6 Å². The van der Waals surface area contributed by atoms with E-state index in [2.05, 4.69) is 4.98 Å². The van der Waals surface area contributed by atoms with Crippen molar-refractivity contribution >= 4 is 40.3 Å². The highest BCUT2D eigenvalue weighted by Gasteiger charge is 2.37. The van der Waals surface area contributed by atoms with Crippen LogP contribution in [0.15, 0.2) is 12.1 Å². The van der Waals surface area contributed by atoms with Crippen LogP contribution >= 0.6 is 11.3 Å². The van der Waals surface area contributed by atoms with Gasteiger partial charge in [0.05, 0.1) is 24.2 Å². The number of nitro groups is 1. The summed E-state index contributed by atoms with van der Waals surface area (Å²) in [5.74, 6) is -0.567. The molecule has 12 nitrogen and oxygen atoms in total. The molecule has 0 fully saturated rings. The van der Waals surface area contributed by atoms with Crippen LogP contribution in [0, 0.1) is 17.0 Å². The highest BCUT2D eigenvalue weighted by Crippen LogP contribution is 2.42. The lowest BCUT2D eigenvalue weighted by Gasteiger charge is -2.27. The molecule has 0 saturated carbocycles. The average molecular weight is 538 g/mol. The van der Waals surface area contributed by atoms with Gasteiger partial charge in [-0.25, -0.2) is 19.4 Å². The number of nitrogens with zero attached hydrogens (tertiary/aromatic N) is 3. The molecular formula is C24H31N3O9S. The van der Waals surface area contributed by atoms with Gasteiger partial charge in [0.15, 0.2) is 0 Å². The number of methoxy groups -OCH3 is 1. The first-order valence-corrected chi connectivity index (χ1v) is 12.1. The van der Waals surface area contributed by atoms with Gasteiger partial charge >= 0.3 is 18.2 Å². The number of hydrogen-bond donors (Lipinski definition) is 0. The Balaban J connectivity index is 2.86. The molecule has 0 aliphatic heterocycles. The third-order valence-corrected chi connectivity index (χ3v) is 5.39. The van der Waals surface area contributed by atoms with Crippen LogP contribution in [0.5, 0.6) is 5.75 Å². The Morgan fingerprint density at radius 1 is 1.05 bits per heavy atom. The average Bonchev–Trinajstić information content (AvgIpc) is 3.15. The lowest BCUT2D eigenvalue weighted by molar-refractivity contribution is -0.384. The fourth-order valence-electron chi connectivity index (χ4n) is 3.06. The number of thiazole rings is 1. The van der Waals surface area contributed by atoms with Gasteiger partial charge in [-0.3, -0.25) is 10.1 Å². The molecule has 0 bridgehead atoms. The zero-order valence-corrected chi connectivity index (χ0v) is 23.1. The second-order valence-electron chi connectivity index (χ2n) is 9.79. The monoisotopic (exact) mass is 537 g/mol. The first-order chi connectivity index (χ1) is 17.0. The van der Waals surface area contributed by atoms with Gasteiger partial charge in [0.25, 0.3) is 5.69 Å². The number of ether oxygens (including phenoxy) is 4. The van der Waals surface area contributed by atoms with Crippen LogP contribution in [-0.4, -0.2) is 53.0 Å². The summed E-state index contributed by atoms with van der Waals surface area (Å²) in [6.45, 7) is 12.8. The molecular weight excluding hydrogens is 506 g/mol. The van der Waals surface area contributed by atoms with E-state index in [1.165, 1.54) is 26.2 Å². The van der Waals surface area contributed by atoms with Crippen molar-refractivity contribution in [3.05, 3.63) is 32.7 Å². The molecule has 1 aromatic heterocycles. The van der Waals surface area contributed by atoms with Gasteiger partial charge in [-0.05, 0) is 67.5 Å². The third kappa shape index (κ3) is 7.38. The molecule has 0 atom stereocenters. The first-order valence-electron chi connectivity index (χ1n) is 11.3. The van der Waals surface area contributed by atoms with E-state index in [-0.39, 0.29) is 44.9 Å². The molecule has 2 rings (SSSR count). The normalized spacial score (nSPS) is 11.5. The predicted molar refractivity (Wildman–Crippen MR) is 136 cm³/mol. The highest BCUT2D eigenvalue weighted by molar-refractivity contribution is 7.18. The van der Waals surface area contributed by atoms with Crippen molar-refractivity contribution in [2.24, 2.45) is 0 Å². The van der Waals surface area contributed by atoms with Gasteiger partial charge in [0.2, 0.25) is 5.13 Å². The fourth-order valence-corrected chi connectivity index (χ4v) is 4.01. The Kier molecular flexibility index (Phi) is 8.86. The number of carbonyl (C=O) groups is 3. The summed E-state index contributed by atoms with van der Waals surface area (Å²) in [7, 11) is 1.38. The minimum absolute atomic E-state index is 0.00653. The van der Waals surface area contributed by atoms with Gasteiger partial charge in [-0.15, -0.1) is 0 Å². The van der Waals surface area contributed by atoms with Crippen LogP contribution in [0.2, 0.25) is 0 Å². The van der Waals surface area contributed by atoms with Crippen LogP contribution in [0.25, 0.3) is 11.3 Å². The number of hydrogen-bond acceptors (Lipinski definition) is 11. The van der Waals surface area contributed by atoms with Gasteiger partial charge in [0.1, 0.15) is 27.5 Å². The van der Waals surface area contributed by atoms with E-state index >= 15 is 0 Å². The quantitative estimate of drug-likeness (QED) is 0.189. The third-order valence-electron chi connectivity index (χ3n) is 4.37. The van der Waals surface area contributed by atoms with Crippen molar-refractivity contribution in [1.29, 1.82) is 0 Å². The number of amides is 2. The molecule has 0 aliphatic rings. The maximum atomic E-state index is 13.1. The summed E-state index contributed by atoms with van der Waals surface area (Å²) in [6.07, 6.45) is -2.21. The number of imide groups is 1. The molecule has 0 spiro atoms. The van der Waals surface area contributed by atoms with Gasteiger partial charge in [-0.2, -0.15) is 4.90 Å². The summed E-state index contributed by atoms with van der Waals surface area (Å²) in [4.78, 5) is 55.1. The molecule has 0 aliphatic carbocycles. The number of aryl methyl sites for hydroxylation is 1. The summed E-state index contributed by atoms with van der Waals surface area (Å²) >= 11 is 0.634. The standard InChI is InChI=1S/C24H31N3O9S/c1-10-34-19(28)18-16(15-12-14(33-9)11-13(2)17(15)27(31)32)25-20(37-18)26(21(29)35-23(3,4)5)22(30)36-24(6,7)8/h11-12H,10H2,1-9H3. The number of benzene rings is 1. The first kappa shape index (κ1) is 29.5. The maximum absolute atomic E-state index is 13.1. The van der Waals surface area contributed by atoms with Crippen LogP contribution in [-0.2, 0) is 14.2 Å². The Morgan fingerprint density at radius 3 is 2.03 bits per heavy atom. The number of anilines is 1. The van der Waals surface area contributed by atoms with E-state index < -0.39 is 34.3 Å². The van der Waals surface area contributed by atoms with E-state index in [1.54, 1.807) is 48.5 Å². The van der Waals surface area contributed by atoms with Gasteiger partial charge in [-0.1, -0.05) is 11.3 Å². The van der Waals surface area contributed by atoms with E-state index in [0.29, 0.717) is 16.2 Å². The van der Waals surface area contributed by atoms with Gasteiger partial charge < -0.3 is 18.9 Å². The van der Waals surface area contributed by atoms with Crippen molar-refractivity contribution in [3.8, 4) is 17.0 Å². The number of aromatic nitrogens is 1. The smallest absolute Gasteiger partial charge is 0.426 e. The zero-order chi connectivity index (χ0) is 28.3. The second-order valence-corrected chi connectivity index (χ2v) is 10.8. The second kappa shape index (κ2) is 11.1. The minimum atomic E-state index is -1.10. The van der Waals surface area contributed by atoms with Crippen LogP contribution in [0.1, 0.15) is 63.7 Å². The van der Waals surface area contributed by atoms with Crippen LogP contribution < -0.4 is 9.64 Å². The number of rotatable bonds is 6. The Bertz CT molecular complexity index is 1180. The zero-order valence-electron chi connectivity index (χ0n) is 22.3. The van der Waals surface area contributed by atoms with E-state index in [4.69, 9.17) is 18.9 Å². The van der Waals surface area contributed by atoms with Crippen molar-refractivity contribution in [2.45, 2.75) is 66.6 Å². The lowest BCUT2D eigenvalue weighted by atomic mass is 10.0. The SMILES string of the molecule is CCOC(=O)c1sc(N(C(=O)OC(C)(C)C)C(=O)OC(C)(C)C)nc1-c1cc(OC)cc(C)c1[N+](=O)[O-]. The molecule has 13 heteroatoms. The number of esters is 1. The molecule has 37 heavy (non-hydrogen) atoms. The molecule has 0 unspecified atom stereocenters. The largest absolute Gasteiger partial charge is 0.497 e. The van der Waals surface area contributed by atoms with E-state index in [9.17, 15) is 24.5 Å². The van der Waals surface area contributed by atoms with Crippen molar-refractivity contribution < 1.29 is 38.3 Å². The number of nitro benzene ring substituents is 1. The van der Waals surface area contributed by atoms with Crippen LogP contribution in [0.3, 0.4) is 0 Å². The summed E-state index contributed by atoms with van der Waals surface area (Å²) in [6, 6.07) is 2.81. The van der Waals surface area contributed by atoms with Crippen molar-refractivity contribution in [3.63, 3.8) is 0 Å². The Labute approximate surface area is 218 Å². The Hall–Kier alpha value is -3.74. The molecule has 2 amide bonds.